The molecule has 1 atom stereocenters. The van der Waals surface area contributed by atoms with Gasteiger partial charge in [0.1, 0.15) is 5.75 Å². The van der Waals surface area contributed by atoms with Gasteiger partial charge in [-0.15, -0.1) is 0 Å². The molecular formula is C25H29NO3S. The SMILES string of the molecule is COc1cc(C)c(S(=O)(=O)N[C@@H](c2ccccc2)c2ccc(C)cc2)cc1C(C)C. The first-order valence-electron chi connectivity index (χ1n) is 10.1. The van der Waals surface area contributed by atoms with E-state index in [1.54, 1.807) is 26.2 Å². The number of benzene rings is 3. The molecule has 158 valence electrons. The molecule has 0 fully saturated rings. The second kappa shape index (κ2) is 9.02. The Hall–Kier alpha value is -2.63. The summed E-state index contributed by atoms with van der Waals surface area (Å²) >= 11 is 0. The largest absolute Gasteiger partial charge is 0.496 e. The Kier molecular flexibility index (Phi) is 6.64. The number of hydrogen-bond donors (Lipinski definition) is 1. The molecule has 0 aromatic heterocycles. The quantitative estimate of drug-likeness (QED) is 0.546. The second-order valence-electron chi connectivity index (χ2n) is 7.89. The van der Waals surface area contributed by atoms with Crippen molar-refractivity contribution in [3.05, 3.63) is 94.5 Å². The van der Waals surface area contributed by atoms with Crippen LogP contribution in [-0.2, 0) is 10.0 Å². The standard InChI is InChI=1S/C25H29NO3S/c1-17(2)22-16-24(19(4)15-23(22)29-5)30(27,28)26-25(20-9-7-6-8-10-20)21-13-11-18(3)12-14-21/h6-17,25-26H,1-5H3/t25-/m0/s1. The van der Waals surface area contributed by atoms with Crippen LogP contribution in [0.1, 0.15) is 53.6 Å². The molecule has 3 aromatic rings. The van der Waals surface area contributed by atoms with Crippen LogP contribution in [0.2, 0.25) is 0 Å². The summed E-state index contributed by atoms with van der Waals surface area (Å²) in [6.45, 7) is 7.86. The number of aryl methyl sites for hydroxylation is 2. The molecule has 5 heteroatoms. The molecule has 0 unspecified atom stereocenters. The molecule has 0 saturated carbocycles. The lowest BCUT2D eigenvalue weighted by Crippen LogP contribution is -2.30. The van der Waals surface area contributed by atoms with Crippen LogP contribution in [0.25, 0.3) is 0 Å². The first-order valence-corrected chi connectivity index (χ1v) is 11.5. The van der Waals surface area contributed by atoms with Gasteiger partial charge in [0, 0.05) is 0 Å². The fourth-order valence-corrected chi connectivity index (χ4v) is 5.02. The summed E-state index contributed by atoms with van der Waals surface area (Å²) in [5.41, 5.74) is 4.43. The molecule has 1 N–H and O–H groups in total. The van der Waals surface area contributed by atoms with Gasteiger partial charge in [-0.2, -0.15) is 4.72 Å². The highest BCUT2D eigenvalue weighted by Crippen LogP contribution is 2.33. The van der Waals surface area contributed by atoms with Crippen LogP contribution in [0, 0.1) is 13.8 Å². The van der Waals surface area contributed by atoms with Gasteiger partial charge < -0.3 is 4.74 Å². The average molecular weight is 424 g/mol. The highest BCUT2D eigenvalue weighted by molar-refractivity contribution is 7.89. The topological polar surface area (TPSA) is 55.4 Å². The summed E-state index contributed by atoms with van der Waals surface area (Å²) in [6, 6.07) is 20.6. The van der Waals surface area contributed by atoms with Crippen molar-refractivity contribution >= 4 is 10.0 Å². The van der Waals surface area contributed by atoms with Crippen LogP contribution in [0.15, 0.2) is 71.6 Å². The van der Waals surface area contributed by atoms with E-state index >= 15 is 0 Å². The minimum Gasteiger partial charge on any atom is -0.496 e. The number of rotatable bonds is 7. The minimum absolute atomic E-state index is 0.136. The number of nitrogens with one attached hydrogen (secondary N) is 1. The Balaban J connectivity index is 2.08. The molecular weight excluding hydrogens is 394 g/mol. The predicted octanol–water partition coefficient (Wildman–Crippen LogP) is 5.50. The summed E-state index contributed by atoms with van der Waals surface area (Å²) in [7, 11) is -2.18. The van der Waals surface area contributed by atoms with Crippen molar-refractivity contribution in [2.45, 2.75) is 44.6 Å². The lowest BCUT2D eigenvalue weighted by atomic mass is 9.99. The molecule has 30 heavy (non-hydrogen) atoms. The highest BCUT2D eigenvalue weighted by atomic mass is 32.2. The Morgan fingerprint density at radius 3 is 2.03 bits per heavy atom. The van der Waals surface area contributed by atoms with Crippen molar-refractivity contribution in [3.8, 4) is 5.75 Å². The fourth-order valence-electron chi connectivity index (χ4n) is 3.55. The third kappa shape index (κ3) is 4.74. The zero-order valence-electron chi connectivity index (χ0n) is 18.1. The molecule has 0 aliphatic heterocycles. The van der Waals surface area contributed by atoms with Gasteiger partial charge in [-0.05, 0) is 54.2 Å². The van der Waals surface area contributed by atoms with Crippen molar-refractivity contribution in [1.29, 1.82) is 0 Å². The van der Waals surface area contributed by atoms with E-state index in [1.807, 2.05) is 75.4 Å². The zero-order valence-corrected chi connectivity index (χ0v) is 19.0. The Labute approximate surface area is 180 Å². The summed E-state index contributed by atoms with van der Waals surface area (Å²) in [4.78, 5) is 0.278. The zero-order chi connectivity index (χ0) is 21.9. The van der Waals surface area contributed by atoms with Gasteiger partial charge in [0.05, 0.1) is 18.0 Å². The maximum absolute atomic E-state index is 13.5. The van der Waals surface area contributed by atoms with Crippen molar-refractivity contribution in [2.75, 3.05) is 7.11 Å². The molecule has 0 spiro atoms. The van der Waals surface area contributed by atoms with E-state index in [9.17, 15) is 8.42 Å². The molecule has 0 amide bonds. The highest BCUT2D eigenvalue weighted by Gasteiger charge is 2.26. The van der Waals surface area contributed by atoms with Gasteiger partial charge in [0.25, 0.3) is 0 Å². The van der Waals surface area contributed by atoms with Crippen LogP contribution in [0.3, 0.4) is 0 Å². The summed E-state index contributed by atoms with van der Waals surface area (Å²) < 4.78 is 35.4. The third-order valence-corrected chi connectivity index (χ3v) is 6.82. The van der Waals surface area contributed by atoms with E-state index in [-0.39, 0.29) is 10.8 Å². The molecule has 0 bridgehead atoms. The molecule has 4 nitrogen and oxygen atoms in total. The van der Waals surface area contributed by atoms with E-state index in [1.165, 1.54) is 0 Å². The number of methoxy groups -OCH3 is 1. The molecule has 0 radical (unpaired) electrons. The van der Waals surface area contributed by atoms with E-state index < -0.39 is 16.1 Å². The first-order chi connectivity index (χ1) is 14.2. The second-order valence-corrected chi connectivity index (χ2v) is 9.57. The van der Waals surface area contributed by atoms with Crippen LogP contribution in [0.4, 0.5) is 0 Å². The molecule has 0 aliphatic carbocycles. The molecule has 3 aromatic carbocycles. The van der Waals surface area contributed by atoms with Gasteiger partial charge in [-0.3, -0.25) is 0 Å². The Bertz CT molecular complexity index is 1110. The molecule has 3 rings (SSSR count). The number of hydrogen-bond acceptors (Lipinski definition) is 3. The van der Waals surface area contributed by atoms with Gasteiger partial charge >= 0.3 is 0 Å². The van der Waals surface area contributed by atoms with Crippen LogP contribution in [0.5, 0.6) is 5.75 Å². The summed E-state index contributed by atoms with van der Waals surface area (Å²) in [6.07, 6.45) is 0. The third-order valence-electron chi connectivity index (χ3n) is 5.26. The summed E-state index contributed by atoms with van der Waals surface area (Å²) in [5, 5.41) is 0. The maximum atomic E-state index is 13.5. The number of sulfonamides is 1. The smallest absolute Gasteiger partial charge is 0.241 e. The average Bonchev–Trinajstić information content (AvgIpc) is 2.72. The van der Waals surface area contributed by atoms with E-state index in [4.69, 9.17) is 4.74 Å². The normalized spacial score (nSPS) is 12.7. The van der Waals surface area contributed by atoms with Gasteiger partial charge in [0.2, 0.25) is 10.0 Å². The van der Waals surface area contributed by atoms with E-state index in [0.717, 1.165) is 22.3 Å². The van der Waals surface area contributed by atoms with Crippen molar-refractivity contribution < 1.29 is 13.2 Å². The van der Waals surface area contributed by atoms with Crippen LogP contribution >= 0.6 is 0 Å². The lowest BCUT2D eigenvalue weighted by Gasteiger charge is -2.22. The monoisotopic (exact) mass is 423 g/mol. The van der Waals surface area contributed by atoms with Gasteiger partial charge in [-0.25, -0.2) is 8.42 Å². The number of ether oxygens (including phenoxy) is 1. The molecule has 0 aliphatic rings. The van der Waals surface area contributed by atoms with Gasteiger partial charge in [0.15, 0.2) is 0 Å². The van der Waals surface area contributed by atoms with Crippen LogP contribution < -0.4 is 9.46 Å². The Morgan fingerprint density at radius 2 is 1.47 bits per heavy atom. The summed E-state index contributed by atoms with van der Waals surface area (Å²) in [5.74, 6) is 0.844. The first kappa shape index (κ1) is 22.1. The predicted molar refractivity (Wildman–Crippen MR) is 122 cm³/mol. The minimum atomic E-state index is -3.78. The maximum Gasteiger partial charge on any atom is 0.241 e. The fraction of sp³-hybridized carbons (Fsp3) is 0.280. The van der Waals surface area contributed by atoms with Crippen LogP contribution in [-0.4, -0.2) is 15.5 Å². The van der Waals surface area contributed by atoms with Crippen molar-refractivity contribution in [3.63, 3.8) is 0 Å². The van der Waals surface area contributed by atoms with Crippen molar-refractivity contribution in [2.24, 2.45) is 0 Å². The molecule has 0 saturated heterocycles. The van der Waals surface area contributed by atoms with Gasteiger partial charge in [-0.1, -0.05) is 74.0 Å². The Morgan fingerprint density at radius 1 is 0.867 bits per heavy atom. The lowest BCUT2D eigenvalue weighted by molar-refractivity contribution is 0.406. The van der Waals surface area contributed by atoms with E-state index in [2.05, 4.69) is 4.72 Å². The van der Waals surface area contributed by atoms with Crippen molar-refractivity contribution in [1.82, 2.24) is 4.72 Å². The van der Waals surface area contributed by atoms with E-state index in [0.29, 0.717) is 11.3 Å². The molecule has 0 heterocycles.